The first-order chi connectivity index (χ1) is 15.1. The van der Waals surface area contributed by atoms with Crippen molar-refractivity contribution in [3.8, 4) is 6.07 Å². The minimum absolute atomic E-state index is 0.00487. The molecule has 1 heterocycles. The van der Waals surface area contributed by atoms with Crippen LogP contribution in [0.2, 0.25) is 0 Å². The van der Waals surface area contributed by atoms with Gasteiger partial charge in [0, 0.05) is 30.3 Å². The summed E-state index contributed by atoms with van der Waals surface area (Å²) in [5.41, 5.74) is 0.909. The number of carbonyl (C=O) groups is 2. The number of carbonyl (C=O) groups excluding carboxylic acids is 2. The predicted molar refractivity (Wildman–Crippen MR) is 129 cm³/mol. The number of rotatable bonds is 7. The molecule has 0 aromatic carbocycles. The van der Waals surface area contributed by atoms with Gasteiger partial charge in [-0.2, -0.15) is 17.0 Å². The molecule has 2 aliphatic rings. The molecule has 0 saturated heterocycles. The van der Waals surface area contributed by atoms with Crippen LogP contribution in [0.25, 0.3) is 0 Å². The molecule has 2 aliphatic carbocycles. The van der Waals surface area contributed by atoms with Gasteiger partial charge in [-0.1, -0.05) is 20.8 Å². The van der Waals surface area contributed by atoms with Crippen LogP contribution in [-0.2, 0) is 16.0 Å². The number of hydrogen-bond donors (Lipinski definition) is 2. The topological polar surface area (TPSA) is 106 Å². The van der Waals surface area contributed by atoms with Crippen LogP contribution in [0.1, 0.15) is 56.5 Å². The van der Waals surface area contributed by atoms with Crippen LogP contribution in [0.5, 0.6) is 0 Å². The molecule has 3 rings (SSSR count). The number of nitriles is 1. The molecule has 0 aliphatic heterocycles. The fourth-order valence-electron chi connectivity index (χ4n) is 5.75. The second-order valence-electron chi connectivity index (χ2n) is 9.60. The van der Waals surface area contributed by atoms with Crippen molar-refractivity contribution in [3.05, 3.63) is 10.6 Å². The van der Waals surface area contributed by atoms with E-state index < -0.39 is 6.10 Å². The van der Waals surface area contributed by atoms with E-state index in [1.165, 1.54) is 16.6 Å². The fraction of sp³-hybridized carbons (Fsp3) is 0.739. The molecule has 0 radical (unpaired) electrons. The highest BCUT2D eigenvalue weighted by Crippen LogP contribution is 2.57. The molecular weight excluding hydrogens is 444 g/mol. The summed E-state index contributed by atoms with van der Waals surface area (Å²) in [6.07, 6.45) is 4.17. The number of hydrogen-bond acceptors (Lipinski definition) is 7. The number of thioether (sulfide) groups is 1. The number of nitrogens with zero attached hydrogens (tertiary/aromatic N) is 3. The fourth-order valence-corrected chi connectivity index (χ4v) is 7.36. The summed E-state index contributed by atoms with van der Waals surface area (Å²) in [4.78, 5) is 32.5. The highest BCUT2D eigenvalue weighted by atomic mass is 32.2. The van der Waals surface area contributed by atoms with Crippen LogP contribution in [0.4, 0.5) is 5.13 Å². The smallest absolute Gasteiger partial charge is 0.236 e. The minimum Gasteiger partial charge on any atom is -0.392 e. The first-order valence-corrected chi connectivity index (χ1v) is 13.4. The number of thiazole rings is 1. The number of fused-ring (bicyclic) bond motifs is 2. The van der Waals surface area contributed by atoms with Crippen molar-refractivity contribution in [2.45, 2.75) is 58.5 Å². The highest BCUT2D eigenvalue weighted by Gasteiger charge is 2.54. The highest BCUT2D eigenvalue weighted by molar-refractivity contribution is 7.99. The summed E-state index contributed by atoms with van der Waals surface area (Å²) in [6.45, 7) is 6.68. The zero-order chi connectivity index (χ0) is 23.6. The molecule has 7 nitrogen and oxygen atoms in total. The Labute approximate surface area is 199 Å². The Morgan fingerprint density at radius 2 is 2.22 bits per heavy atom. The lowest BCUT2D eigenvalue weighted by Gasteiger charge is -2.53. The number of anilines is 1. The van der Waals surface area contributed by atoms with Crippen LogP contribution in [0.3, 0.4) is 0 Å². The Bertz CT molecular complexity index is 898. The Morgan fingerprint density at radius 3 is 2.88 bits per heavy atom. The molecule has 2 amide bonds. The molecule has 2 N–H and O–H groups in total. The van der Waals surface area contributed by atoms with Gasteiger partial charge in [0.2, 0.25) is 11.8 Å². The number of aromatic nitrogens is 1. The van der Waals surface area contributed by atoms with Crippen molar-refractivity contribution in [2.24, 2.45) is 23.2 Å². The molecule has 32 heavy (non-hydrogen) atoms. The Hall–Kier alpha value is -1.63. The van der Waals surface area contributed by atoms with Crippen molar-refractivity contribution in [1.82, 2.24) is 9.88 Å². The van der Waals surface area contributed by atoms with E-state index in [4.69, 9.17) is 10.2 Å². The van der Waals surface area contributed by atoms with Gasteiger partial charge in [0.25, 0.3) is 0 Å². The Balaban J connectivity index is 1.79. The Kier molecular flexibility index (Phi) is 7.89. The first kappa shape index (κ1) is 25.0. The number of aliphatic hydroxyl groups excluding tert-OH is 1. The van der Waals surface area contributed by atoms with Crippen LogP contribution in [0.15, 0.2) is 0 Å². The van der Waals surface area contributed by atoms with Gasteiger partial charge in [-0.25, -0.2) is 4.98 Å². The predicted octanol–water partition coefficient (Wildman–Crippen LogP) is 3.51. The van der Waals surface area contributed by atoms with Gasteiger partial charge in [0.15, 0.2) is 5.13 Å². The zero-order valence-corrected chi connectivity index (χ0v) is 21.2. The van der Waals surface area contributed by atoms with E-state index in [-0.39, 0.29) is 40.9 Å². The Morgan fingerprint density at radius 1 is 1.50 bits per heavy atom. The van der Waals surface area contributed by atoms with Gasteiger partial charge in [0.05, 0.1) is 30.0 Å². The van der Waals surface area contributed by atoms with Crippen LogP contribution in [-0.4, -0.2) is 58.5 Å². The maximum absolute atomic E-state index is 12.9. The summed E-state index contributed by atoms with van der Waals surface area (Å²) < 4.78 is 0. The number of aliphatic hydroxyl groups is 1. The third-order valence-corrected chi connectivity index (χ3v) is 8.95. The molecule has 1 aromatic rings. The van der Waals surface area contributed by atoms with Gasteiger partial charge in [-0.05, 0) is 42.8 Å². The van der Waals surface area contributed by atoms with E-state index in [9.17, 15) is 14.7 Å². The molecule has 0 unspecified atom stereocenters. The SMILES string of the molecule is CSCC(=O)Nc1nc2c(s1)C[C@@]1(C)CC[C@@H]([C@H](C)C(=O)N(C)CCC#N)[C@H](O)[C@H]1[C@@H]2C. The monoisotopic (exact) mass is 478 g/mol. The average molecular weight is 479 g/mol. The van der Waals surface area contributed by atoms with Gasteiger partial charge < -0.3 is 15.3 Å². The normalized spacial score (nSPS) is 29.9. The molecule has 9 heteroatoms. The molecule has 6 atom stereocenters. The maximum Gasteiger partial charge on any atom is 0.236 e. The average Bonchev–Trinajstić information content (AvgIpc) is 3.12. The van der Waals surface area contributed by atoms with E-state index >= 15 is 0 Å². The number of nitrogens with one attached hydrogen (secondary N) is 1. The minimum atomic E-state index is -0.601. The lowest BCUT2D eigenvalue weighted by molar-refractivity contribution is -0.143. The van der Waals surface area contributed by atoms with Crippen molar-refractivity contribution in [2.75, 3.05) is 30.9 Å². The lowest BCUT2D eigenvalue weighted by Crippen LogP contribution is -2.53. The van der Waals surface area contributed by atoms with E-state index in [0.717, 1.165) is 25.0 Å². The largest absolute Gasteiger partial charge is 0.392 e. The molecule has 176 valence electrons. The van der Waals surface area contributed by atoms with Gasteiger partial charge >= 0.3 is 0 Å². The van der Waals surface area contributed by atoms with Crippen LogP contribution >= 0.6 is 23.1 Å². The van der Waals surface area contributed by atoms with Gasteiger partial charge in [-0.15, -0.1) is 11.3 Å². The van der Waals surface area contributed by atoms with Crippen LogP contribution in [0, 0.1) is 34.5 Å². The van der Waals surface area contributed by atoms with Crippen molar-refractivity contribution in [1.29, 1.82) is 5.26 Å². The molecule has 1 saturated carbocycles. The second-order valence-corrected chi connectivity index (χ2v) is 11.6. The van der Waals surface area contributed by atoms with Gasteiger partial charge in [0.1, 0.15) is 0 Å². The summed E-state index contributed by atoms with van der Waals surface area (Å²) in [5, 5.41) is 23.9. The first-order valence-electron chi connectivity index (χ1n) is 11.2. The van der Waals surface area contributed by atoms with Crippen molar-refractivity contribution in [3.63, 3.8) is 0 Å². The summed E-state index contributed by atoms with van der Waals surface area (Å²) >= 11 is 3.03. The lowest BCUT2D eigenvalue weighted by atomic mass is 9.53. The summed E-state index contributed by atoms with van der Waals surface area (Å²) in [6, 6.07) is 2.08. The molecule has 0 spiro atoms. The second kappa shape index (κ2) is 10.1. The molecule has 1 aromatic heterocycles. The van der Waals surface area contributed by atoms with E-state index in [1.54, 1.807) is 23.3 Å². The maximum atomic E-state index is 12.9. The summed E-state index contributed by atoms with van der Waals surface area (Å²) in [7, 11) is 1.73. The summed E-state index contributed by atoms with van der Waals surface area (Å²) in [5.74, 6) is -0.0303. The van der Waals surface area contributed by atoms with Gasteiger partial charge in [-0.3, -0.25) is 9.59 Å². The van der Waals surface area contributed by atoms with Crippen molar-refractivity contribution >= 4 is 40.0 Å². The zero-order valence-electron chi connectivity index (χ0n) is 19.6. The quantitative estimate of drug-likeness (QED) is 0.621. The third kappa shape index (κ3) is 4.82. The molecular formula is C23H34N4O3S2. The number of amides is 2. The van der Waals surface area contributed by atoms with Crippen molar-refractivity contribution < 1.29 is 14.7 Å². The standard InChI is InChI=1S/C23H34N4O3S2/c1-13(21(30)27(4)10-6-9-24)15-7-8-23(3)11-16-19(14(2)18(23)20(15)29)26-22(32-16)25-17(28)12-31-5/h13-15,18,20,29H,6-8,10-12H2,1-5H3,(H,25,26,28)/t13-,14-,15-,18+,20-,23+/m0/s1. The molecule has 1 fully saturated rings. The van der Waals surface area contributed by atoms with E-state index in [2.05, 4.69) is 25.2 Å². The van der Waals surface area contributed by atoms with E-state index in [1.807, 2.05) is 13.2 Å². The van der Waals surface area contributed by atoms with E-state index in [0.29, 0.717) is 23.8 Å². The third-order valence-electron chi connectivity index (χ3n) is 7.41. The van der Waals surface area contributed by atoms with Crippen LogP contribution < -0.4 is 5.32 Å². The molecule has 0 bridgehead atoms.